The molecule has 4 heteroatoms. The Kier molecular flexibility index (Phi) is 1.30. The summed E-state index contributed by atoms with van der Waals surface area (Å²) in [7, 11) is 1.75. The fourth-order valence-corrected chi connectivity index (χ4v) is 1.20. The van der Waals surface area contributed by atoms with Crippen LogP contribution in [0.3, 0.4) is 0 Å². The predicted octanol–water partition coefficient (Wildman–Crippen LogP) is 1.29. The van der Waals surface area contributed by atoms with Crippen LogP contribution in [0.2, 0.25) is 0 Å². The summed E-state index contributed by atoms with van der Waals surface area (Å²) < 4.78 is 14.8. The van der Waals surface area contributed by atoms with Crippen LogP contribution in [0.1, 0.15) is 0 Å². The smallest absolute Gasteiger partial charge is 0.157 e. The molecule has 3 nitrogen and oxygen atoms in total. The summed E-state index contributed by atoms with van der Waals surface area (Å²) in [6.45, 7) is 0. The number of fused-ring (bicyclic) bond motifs is 1. The van der Waals surface area contributed by atoms with E-state index in [-0.39, 0.29) is 11.5 Å². The third-order valence-electron chi connectivity index (χ3n) is 1.77. The van der Waals surface area contributed by atoms with Crippen molar-refractivity contribution in [3.05, 3.63) is 24.1 Å². The molecule has 1 heterocycles. The van der Waals surface area contributed by atoms with Crippen LogP contribution < -0.4 is 5.73 Å². The Labute approximate surface area is 68.6 Å². The van der Waals surface area contributed by atoms with E-state index in [1.807, 2.05) is 0 Å². The van der Waals surface area contributed by atoms with Crippen molar-refractivity contribution in [1.82, 2.24) is 9.78 Å². The van der Waals surface area contributed by atoms with Gasteiger partial charge in [0.2, 0.25) is 0 Å². The molecule has 0 aliphatic carbocycles. The molecule has 0 fully saturated rings. The number of benzene rings is 1. The number of nitrogens with two attached hydrogens (primary N) is 1. The van der Waals surface area contributed by atoms with Crippen LogP contribution in [-0.4, -0.2) is 9.78 Å². The second-order valence-electron chi connectivity index (χ2n) is 2.70. The van der Waals surface area contributed by atoms with Gasteiger partial charge in [-0.3, -0.25) is 4.68 Å². The lowest BCUT2D eigenvalue weighted by atomic mass is 10.2. The Morgan fingerprint density at radius 2 is 2.25 bits per heavy atom. The Morgan fingerprint density at radius 3 is 3.00 bits per heavy atom. The van der Waals surface area contributed by atoms with E-state index in [1.165, 1.54) is 6.07 Å². The number of halogens is 1. The molecule has 0 aliphatic heterocycles. The highest BCUT2D eigenvalue weighted by atomic mass is 19.1. The molecule has 2 rings (SSSR count). The first kappa shape index (κ1) is 7.09. The quantitative estimate of drug-likeness (QED) is 0.598. The van der Waals surface area contributed by atoms with E-state index >= 15 is 0 Å². The van der Waals surface area contributed by atoms with E-state index in [9.17, 15) is 4.39 Å². The van der Waals surface area contributed by atoms with Crippen LogP contribution in [0.25, 0.3) is 10.9 Å². The number of aryl methyl sites for hydroxylation is 1. The summed E-state index contributed by atoms with van der Waals surface area (Å²) in [5.41, 5.74) is 6.17. The van der Waals surface area contributed by atoms with Crippen molar-refractivity contribution in [2.24, 2.45) is 7.05 Å². The first-order chi connectivity index (χ1) is 5.68. The maximum absolute atomic E-state index is 13.2. The van der Waals surface area contributed by atoms with Gasteiger partial charge in [-0.05, 0) is 12.1 Å². The lowest BCUT2D eigenvalue weighted by molar-refractivity contribution is 0.644. The number of nitrogens with zero attached hydrogens (tertiary/aromatic N) is 2. The second-order valence-corrected chi connectivity index (χ2v) is 2.70. The van der Waals surface area contributed by atoms with E-state index in [2.05, 4.69) is 5.10 Å². The molecule has 0 unspecified atom stereocenters. The summed E-state index contributed by atoms with van der Waals surface area (Å²) in [4.78, 5) is 0. The molecular formula is C8H8FN3. The zero-order chi connectivity index (χ0) is 8.72. The largest absolute Gasteiger partial charge is 0.396 e. The van der Waals surface area contributed by atoms with Crippen LogP contribution in [0.5, 0.6) is 0 Å². The highest BCUT2D eigenvalue weighted by Gasteiger charge is 2.06. The van der Waals surface area contributed by atoms with Gasteiger partial charge in [0, 0.05) is 13.2 Å². The molecule has 0 bridgehead atoms. The summed E-state index contributed by atoms with van der Waals surface area (Å²) in [5.74, 6) is -0.388. The first-order valence-corrected chi connectivity index (χ1v) is 3.56. The van der Waals surface area contributed by atoms with E-state index in [4.69, 9.17) is 5.73 Å². The molecule has 0 atom stereocenters. The van der Waals surface area contributed by atoms with E-state index in [0.29, 0.717) is 10.9 Å². The monoisotopic (exact) mass is 165 g/mol. The molecule has 0 radical (unpaired) electrons. The Morgan fingerprint density at radius 1 is 1.50 bits per heavy atom. The minimum atomic E-state index is -0.388. The van der Waals surface area contributed by atoms with Crippen molar-refractivity contribution < 1.29 is 4.39 Å². The molecular weight excluding hydrogens is 157 g/mol. The summed E-state index contributed by atoms with van der Waals surface area (Å²) >= 11 is 0. The van der Waals surface area contributed by atoms with Crippen molar-refractivity contribution in [2.75, 3.05) is 5.73 Å². The van der Waals surface area contributed by atoms with Gasteiger partial charge in [0.1, 0.15) is 0 Å². The van der Waals surface area contributed by atoms with Gasteiger partial charge < -0.3 is 5.73 Å². The molecule has 0 spiro atoms. The van der Waals surface area contributed by atoms with Gasteiger partial charge in [-0.25, -0.2) is 4.39 Å². The predicted molar refractivity (Wildman–Crippen MR) is 45.1 cm³/mol. The summed E-state index contributed by atoms with van der Waals surface area (Å²) in [6, 6.07) is 3.22. The molecule has 0 saturated carbocycles. The molecule has 2 aromatic rings. The zero-order valence-electron chi connectivity index (χ0n) is 6.58. The average Bonchev–Trinajstić information content (AvgIpc) is 2.39. The van der Waals surface area contributed by atoms with Gasteiger partial charge >= 0.3 is 0 Å². The van der Waals surface area contributed by atoms with Gasteiger partial charge in [-0.1, -0.05) is 0 Å². The average molecular weight is 165 g/mol. The first-order valence-electron chi connectivity index (χ1n) is 3.56. The lowest BCUT2D eigenvalue weighted by Gasteiger charge is -1.94. The minimum absolute atomic E-state index is 0.163. The minimum Gasteiger partial charge on any atom is -0.396 e. The molecule has 0 saturated heterocycles. The van der Waals surface area contributed by atoms with Gasteiger partial charge in [-0.15, -0.1) is 0 Å². The molecule has 0 amide bonds. The molecule has 1 aromatic carbocycles. The fraction of sp³-hybridized carbons (Fsp3) is 0.125. The van der Waals surface area contributed by atoms with Crippen LogP contribution in [0, 0.1) is 5.82 Å². The third-order valence-corrected chi connectivity index (χ3v) is 1.77. The molecule has 1 aromatic heterocycles. The second kappa shape index (κ2) is 2.20. The van der Waals surface area contributed by atoms with Gasteiger partial charge in [0.15, 0.2) is 5.82 Å². The number of aromatic nitrogens is 2. The van der Waals surface area contributed by atoms with Gasteiger partial charge in [0.25, 0.3) is 0 Å². The summed E-state index contributed by atoms with van der Waals surface area (Å²) in [5, 5.41) is 4.51. The van der Waals surface area contributed by atoms with Crippen molar-refractivity contribution in [3.8, 4) is 0 Å². The van der Waals surface area contributed by atoms with Crippen molar-refractivity contribution in [3.63, 3.8) is 0 Å². The topological polar surface area (TPSA) is 43.8 Å². The van der Waals surface area contributed by atoms with Crippen molar-refractivity contribution >= 4 is 16.6 Å². The van der Waals surface area contributed by atoms with E-state index in [1.54, 1.807) is 24.0 Å². The fourth-order valence-electron chi connectivity index (χ4n) is 1.20. The van der Waals surface area contributed by atoms with Gasteiger partial charge in [-0.2, -0.15) is 5.10 Å². The highest BCUT2D eigenvalue weighted by molar-refractivity contribution is 5.82. The number of nitrogen functional groups attached to an aromatic ring is 1. The maximum Gasteiger partial charge on any atom is 0.157 e. The molecule has 2 N–H and O–H groups in total. The van der Waals surface area contributed by atoms with Crippen molar-refractivity contribution in [1.29, 1.82) is 0 Å². The Balaban J connectivity index is 2.89. The normalized spacial score (nSPS) is 10.8. The zero-order valence-corrected chi connectivity index (χ0v) is 6.58. The SMILES string of the molecule is Cn1cc2c(F)c(N)ccc2n1. The summed E-state index contributed by atoms with van der Waals surface area (Å²) in [6.07, 6.45) is 1.61. The maximum atomic E-state index is 13.2. The standard InChI is InChI=1S/C8H8FN3/c1-12-4-5-7(11-12)3-2-6(10)8(5)9/h2-4H,10H2,1H3. The number of hydrogen-bond acceptors (Lipinski definition) is 2. The Bertz CT molecular complexity index is 433. The molecule has 0 aliphatic rings. The number of anilines is 1. The van der Waals surface area contributed by atoms with Crippen LogP contribution in [0.15, 0.2) is 18.3 Å². The van der Waals surface area contributed by atoms with Gasteiger partial charge in [0.05, 0.1) is 16.6 Å². The van der Waals surface area contributed by atoms with E-state index < -0.39 is 0 Å². The number of rotatable bonds is 0. The molecule has 62 valence electrons. The van der Waals surface area contributed by atoms with Crippen LogP contribution in [0.4, 0.5) is 10.1 Å². The molecule has 12 heavy (non-hydrogen) atoms. The highest BCUT2D eigenvalue weighted by Crippen LogP contribution is 2.20. The Hall–Kier alpha value is -1.58. The van der Waals surface area contributed by atoms with E-state index in [0.717, 1.165) is 0 Å². The lowest BCUT2D eigenvalue weighted by Crippen LogP contribution is -1.89. The van der Waals surface area contributed by atoms with Crippen LogP contribution >= 0.6 is 0 Å². The van der Waals surface area contributed by atoms with Crippen molar-refractivity contribution in [2.45, 2.75) is 0 Å². The third kappa shape index (κ3) is 0.845. The number of hydrogen-bond donors (Lipinski definition) is 1. The van der Waals surface area contributed by atoms with Crippen LogP contribution in [-0.2, 0) is 7.05 Å².